The minimum absolute atomic E-state index is 0.167. The molecule has 0 aliphatic heterocycles. The van der Waals surface area contributed by atoms with E-state index in [2.05, 4.69) is 51.6 Å². The molecule has 0 aromatic heterocycles. The van der Waals surface area contributed by atoms with Gasteiger partial charge in [0.1, 0.15) is 11.6 Å². The van der Waals surface area contributed by atoms with Crippen LogP contribution in [0.4, 0.5) is 4.39 Å². The lowest BCUT2D eigenvalue weighted by Gasteiger charge is -2.49. The summed E-state index contributed by atoms with van der Waals surface area (Å²) in [5, 5.41) is 0. The maximum atomic E-state index is 14.0. The number of nitrogens with zero attached hydrogens (tertiary/aromatic N) is 1. The highest BCUT2D eigenvalue weighted by Gasteiger charge is 2.50. The summed E-state index contributed by atoms with van der Waals surface area (Å²) in [5.74, 6) is 0.174. The lowest BCUT2D eigenvalue weighted by atomic mass is 9.63. The molecule has 0 heterocycles. The van der Waals surface area contributed by atoms with Gasteiger partial charge >= 0.3 is 0 Å². The van der Waals surface area contributed by atoms with Crippen LogP contribution in [0.25, 0.3) is 5.57 Å². The van der Waals surface area contributed by atoms with E-state index in [9.17, 15) is 9.18 Å². The molecule has 2 atom stereocenters. The zero-order valence-electron chi connectivity index (χ0n) is 17.1. The van der Waals surface area contributed by atoms with Gasteiger partial charge in [0.25, 0.3) is 0 Å². The molecule has 0 spiro atoms. The molecule has 144 valence electrons. The predicted molar refractivity (Wildman–Crippen MR) is 110 cm³/mol. The number of hydrogen-bond donors (Lipinski definition) is 0. The minimum Gasteiger partial charge on any atom is -0.300 e. The van der Waals surface area contributed by atoms with Crippen molar-refractivity contribution < 1.29 is 9.18 Å². The molecule has 1 aromatic carbocycles. The van der Waals surface area contributed by atoms with Crippen LogP contribution >= 0.6 is 0 Å². The van der Waals surface area contributed by atoms with Crippen LogP contribution < -0.4 is 0 Å². The quantitative estimate of drug-likeness (QED) is 0.636. The Bertz CT molecular complexity index is 846. The molecule has 27 heavy (non-hydrogen) atoms. The number of carbonyl (C=O) groups excluding carboxylic acids is 1. The van der Waals surface area contributed by atoms with Crippen LogP contribution in [0.5, 0.6) is 0 Å². The zero-order valence-corrected chi connectivity index (χ0v) is 17.1. The average molecular weight is 368 g/mol. The second-order valence-electron chi connectivity index (χ2n) is 8.65. The van der Waals surface area contributed by atoms with Gasteiger partial charge in [0.2, 0.25) is 0 Å². The molecule has 2 aliphatic carbocycles. The highest BCUT2D eigenvalue weighted by atomic mass is 19.1. The molecule has 1 aromatic rings. The van der Waals surface area contributed by atoms with Crippen molar-refractivity contribution in [2.75, 3.05) is 14.1 Å². The Kier molecular flexibility index (Phi) is 5.02. The summed E-state index contributed by atoms with van der Waals surface area (Å²) < 4.78 is 14.0. The molecule has 0 saturated carbocycles. The van der Waals surface area contributed by atoms with Gasteiger partial charge in [0, 0.05) is 23.3 Å². The third-order valence-electron chi connectivity index (χ3n) is 6.49. The lowest BCUT2D eigenvalue weighted by Crippen LogP contribution is -2.52. The molecule has 3 rings (SSSR count). The van der Waals surface area contributed by atoms with Crippen LogP contribution in [-0.2, 0) is 10.2 Å². The van der Waals surface area contributed by atoms with E-state index in [0.717, 1.165) is 24.0 Å². The number of benzene rings is 1. The molecule has 2 unspecified atom stereocenters. The van der Waals surface area contributed by atoms with Crippen LogP contribution in [0.1, 0.15) is 51.2 Å². The maximum absolute atomic E-state index is 14.0. The molecular weight excluding hydrogens is 337 g/mol. The Balaban J connectivity index is 2.20. The maximum Gasteiger partial charge on any atom is 0.129 e. The van der Waals surface area contributed by atoms with Gasteiger partial charge in [-0.15, -0.1) is 6.58 Å². The SMILES string of the molecule is C=CCC1(N(C)C)C=CC2=C(C1CCC(C)=O)C(C)(C)c1cc(F)ccc12. The van der Waals surface area contributed by atoms with Gasteiger partial charge in [0.15, 0.2) is 0 Å². The Hall–Kier alpha value is -2.00. The topological polar surface area (TPSA) is 20.3 Å². The van der Waals surface area contributed by atoms with E-state index in [-0.39, 0.29) is 28.5 Å². The molecule has 3 heteroatoms. The highest BCUT2D eigenvalue weighted by Crippen LogP contribution is 2.56. The Morgan fingerprint density at radius 3 is 2.63 bits per heavy atom. The van der Waals surface area contributed by atoms with Gasteiger partial charge in [-0.25, -0.2) is 4.39 Å². The summed E-state index contributed by atoms with van der Waals surface area (Å²) in [4.78, 5) is 14.1. The number of likely N-dealkylation sites (N-methyl/N-ethyl adjacent to an activating group) is 1. The van der Waals surface area contributed by atoms with Crippen LogP contribution in [0.3, 0.4) is 0 Å². The smallest absolute Gasteiger partial charge is 0.129 e. The first-order valence-electron chi connectivity index (χ1n) is 9.67. The fourth-order valence-corrected chi connectivity index (χ4v) is 5.12. The van der Waals surface area contributed by atoms with E-state index in [4.69, 9.17) is 0 Å². The normalized spacial score (nSPS) is 25.5. The lowest BCUT2D eigenvalue weighted by molar-refractivity contribution is -0.117. The van der Waals surface area contributed by atoms with Gasteiger partial charge in [-0.1, -0.05) is 38.1 Å². The van der Waals surface area contributed by atoms with E-state index in [1.165, 1.54) is 11.1 Å². The van der Waals surface area contributed by atoms with E-state index in [1.54, 1.807) is 19.1 Å². The van der Waals surface area contributed by atoms with Gasteiger partial charge in [-0.05, 0) is 68.3 Å². The number of Topliss-reactive ketones (excluding diaryl/α,β-unsaturated/α-hetero) is 1. The number of allylic oxidation sites excluding steroid dienone is 2. The fraction of sp³-hybridized carbons (Fsp3) is 0.458. The number of rotatable bonds is 6. The molecule has 0 radical (unpaired) electrons. The van der Waals surface area contributed by atoms with Crippen molar-refractivity contribution in [3.8, 4) is 0 Å². The van der Waals surface area contributed by atoms with Crippen molar-refractivity contribution in [1.82, 2.24) is 4.90 Å². The third-order valence-corrected chi connectivity index (χ3v) is 6.49. The number of ketones is 1. The van der Waals surface area contributed by atoms with Gasteiger partial charge in [-0.2, -0.15) is 0 Å². The second kappa shape index (κ2) is 6.87. The molecule has 2 nitrogen and oxygen atoms in total. The summed E-state index contributed by atoms with van der Waals surface area (Å²) in [5.41, 5.74) is 4.17. The molecule has 0 saturated heterocycles. The summed E-state index contributed by atoms with van der Waals surface area (Å²) in [7, 11) is 4.18. The summed E-state index contributed by atoms with van der Waals surface area (Å²) in [6.45, 7) is 10.0. The zero-order chi connectivity index (χ0) is 20.0. The molecular formula is C24H30FNO. The van der Waals surface area contributed by atoms with Gasteiger partial charge in [-0.3, -0.25) is 4.90 Å². The average Bonchev–Trinajstić information content (AvgIpc) is 2.81. The molecule has 0 bridgehead atoms. The third kappa shape index (κ3) is 3.02. The van der Waals surface area contributed by atoms with Crippen molar-refractivity contribution in [2.24, 2.45) is 5.92 Å². The number of halogens is 1. The van der Waals surface area contributed by atoms with E-state index >= 15 is 0 Å². The number of hydrogen-bond acceptors (Lipinski definition) is 2. The van der Waals surface area contributed by atoms with Crippen molar-refractivity contribution in [3.05, 3.63) is 65.5 Å². The number of carbonyl (C=O) groups is 1. The standard InChI is InChI=1S/C24H30FNO/c1-7-13-24(26(5)6)14-12-19-18-10-9-17(25)15-21(18)23(3,4)22(19)20(24)11-8-16(2)27/h7,9-10,12,14-15,20H,1,8,11,13H2,2-6H3. The van der Waals surface area contributed by atoms with Crippen LogP contribution in [-0.4, -0.2) is 30.3 Å². The fourth-order valence-electron chi connectivity index (χ4n) is 5.12. The summed E-state index contributed by atoms with van der Waals surface area (Å²) >= 11 is 0. The van der Waals surface area contributed by atoms with Crippen molar-refractivity contribution in [2.45, 2.75) is 51.0 Å². The Labute approximate surface area is 162 Å². The van der Waals surface area contributed by atoms with E-state index in [1.807, 2.05) is 12.1 Å². The predicted octanol–water partition coefficient (Wildman–Crippen LogP) is 5.30. The minimum atomic E-state index is -0.276. The molecule has 0 amide bonds. The Morgan fingerprint density at radius 2 is 2.04 bits per heavy atom. The molecule has 2 aliphatic rings. The van der Waals surface area contributed by atoms with Crippen LogP contribution in [0.2, 0.25) is 0 Å². The van der Waals surface area contributed by atoms with Crippen LogP contribution in [0, 0.1) is 11.7 Å². The largest absolute Gasteiger partial charge is 0.300 e. The summed E-state index contributed by atoms with van der Waals surface area (Å²) in [6, 6.07) is 5.12. The molecule has 0 N–H and O–H groups in total. The van der Waals surface area contributed by atoms with E-state index < -0.39 is 0 Å². The van der Waals surface area contributed by atoms with Gasteiger partial charge in [0.05, 0.1) is 0 Å². The first kappa shape index (κ1) is 19.8. The van der Waals surface area contributed by atoms with Crippen molar-refractivity contribution in [3.63, 3.8) is 0 Å². The van der Waals surface area contributed by atoms with Crippen molar-refractivity contribution >= 4 is 11.4 Å². The number of fused-ring (bicyclic) bond motifs is 2. The van der Waals surface area contributed by atoms with Crippen molar-refractivity contribution in [1.29, 1.82) is 0 Å². The second-order valence-corrected chi connectivity index (χ2v) is 8.65. The first-order valence-corrected chi connectivity index (χ1v) is 9.67. The monoisotopic (exact) mass is 367 g/mol. The first-order chi connectivity index (χ1) is 12.6. The highest BCUT2D eigenvalue weighted by molar-refractivity contribution is 5.88. The summed E-state index contributed by atoms with van der Waals surface area (Å²) in [6.07, 6.45) is 8.57. The van der Waals surface area contributed by atoms with Crippen LogP contribution in [0.15, 0.2) is 48.6 Å². The van der Waals surface area contributed by atoms with E-state index in [0.29, 0.717) is 6.42 Å². The van der Waals surface area contributed by atoms with Gasteiger partial charge < -0.3 is 4.79 Å². The Morgan fingerprint density at radius 1 is 1.33 bits per heavy atom. The molecule has 0 fully saturated rings.